The molecule has 2 saturated heterocycles. The molecule has 2 aliphatic heterocycles. The van der Waals surface area contributed by atoms with Crippen molar-refractivity contribution >= 4 is 22.5 Å². The van der Waals surface area contributed by atoms with E-state index in [1.165, 1.54) is 32.2 Å². The Hall–Kier alpha value is -1.16. The second-order valence-electron chi connectivity index (χ2n) is 7.33. The summed E-state index contributed by atoms with van der Waals surface area (Å²) in [6, 6.07) is 9.05. The SMILES string of the molecule is Cc1c(Cl)c(CN2CCC(C3CCCN3)CC2)nc2ccccc12. The second kappa shape index (κ2) is 6.99. The number of rotatable bonds is 3. The van der Waals surface area contributed by atoms with Gasteiger partial charge in [-0.25, -0.2) is 4.98 Å². The summed E-state index contributed by atoms with van der Waals surface area (Å²) in [6.45, 7) is 6.50. The van der Waals surface area contributed by atoms with Crippen LogP contribution in [0.3, 0.4) is 0 Å². The molecule has 1 atom stereocenters. The maximum atomic E-state index is 6.62. The Morgan fingerprint density at radius 2 is 2.00 bits per heavy atom. The van der Waals surface area contributed by atoms with Crippen molar-refractivity contribution in [2.75, 3.05) is 19.6 Å². The van der Waals surface area contributed by atoms with Gasteiger partial charge in [0.1, 0.15) is 0 Å². The van der Waals surface area contributed by atoms with Crippen LogP contribution in [-0.2, 0) is 6.54 Å². The summed E-state index contributed by atoms with van der Waals surface area (Å²) < 4.78 is 0. The summed E-state index contributed by atoms with van der Waals surface area (Å²) in [7, 11) is 0. The van der Waals surface area contributed by atoms with Gasteiger partial charge in [0.2, 0.25) is 0 Å². The Morgan fingerprint density at radius 3 is 2.75 bits per heavy atom. The molecule has 0 bridgehead atoms. The van der Waals surface area contributed by atoms with Gasteiger partial charge >= 0.3 is 0 Å². The lowest BCUT2D eigenvalue weighted by Crippen LogP contribution is -2.40. The number of nitrogens with zero attached hydrogens (tertiary/aromatic N) is 2. The Labute approximate surface area is 149 Å². The predicted octanol–water partition coefficient (Wildman–Crippen LogP) is 4.16. The van der Waals surface area contributed by atoms with E-state index in [0.29, 0.717) is 0 Å². The summed E-state index contributed by atoms with van der Waals surface area (Å²) in [5.74, 6) is 0.852. The summed E-state index contributed by atoms with van der Waals surface area (Å²) in [4.78, 5) is 7.36. The van der Waals surface area contributed by atoms with E-state index in [4.69, 9.17) is 16.6 Å². The third-order valence-electron chi connectivity index (χ3n) is 5.82. The van der Waals surface area contributed by atoms with E-state index in [1.807, 2.05) is 6.07 Å². The fraction of sp³-hybridized carbons (Fsp3) is 0.550. The highest BCUT2D eigenvalue weighted by molar-refractivity contribution is 6.32. The lowest BCUT2D eigenvalue weighted by molar-refractivity contribution is 0.156. The molecule has 3 nitrogen and oxygen atoms in total. The highest BCUT2D eigenvalue weighted by Gasteiger charge is 2.28. The van der Waals surface area contributed by atoms with Crippen molar-refractivity contribution in [1.29, 1.82) is 0 Å². The van der Waals surface area contributed by atoms with Crippen LogP contribution in [0.15, 0.2) is 24.3 Å². The number of aromatic nitrogens is 1. The minimum absolute atomic E-state index is 0.761. The Kier molecular flexibility index (Phi) is 4.75. The summed E-state index contributed by atoms with van der Waals surface area (Å²) in [6.07, 6.45) is 5.30. The van der Waals surface area contributed by atoms with Gasteiger partial charge in [0.05, 0.1) is 16.2 Å². The van der Waals surface area contributed by atoms with Gasteiger partial charge in [-0.3, -0.25) is 4.90 Å². The molecule has 128 valence electrons. The number of hydrogen-bond acceptors (Lipinski definition) is 3. The molecular formula is C20H26ClN3. The van der Waals surface area contributed by atoms with Crippen molar-refractivity contribution in [2.45, 2.75) is 45.2 Å². The molecule has 0 saturated carbocycles. The highest BCUT2D eigenvalue weighted by atomic mass is 35.5. The maximum absolute atomic E-state index is 6.62. The molecule has 3 heterocycles. The Balaban J connectivity index is 1.46. The maximum Gasteiger partial charge on any atom is 0.0740 e. The first-order valence-corrected chi connectivity index (χ1v) is 9.59. The highest BCUT2D eigenvalue weighted by Crippen LogP contribution is 2.30. The minimum atomic E-state index is 0.761. The summed E-state index contributed by atoms with van der Waals surface area (Å²) >= 11 is 6.62. The van der Waals surface area contributed by atoms with Gasteiger partial charge in [-0.15, -0.1) is 0 Å². The van der Waals surface area contributed by atoms with Gasteiger partial charge in [-0.05, 0) is 69.8 Å². The van der Waals surface area contributed by atoms with Crippen molar-refractivity contribution in [3.63, 3.8) is 0 Å². The summed E-state index contributed by atoms with van der Waals surface area (Å²) in [5, 5.41) is 5.68. The van der Waals surface area contributed by atoms with Crippen LogP contribution >= 0.6 is 11.6 Å². The van der Waals surface area contributed by atoms with E-state index in [9.17, 15) is 0 Å². The molecule has 2 aromatic rings. The average Bonchev–Trinajstić information content (AvgIpc) is 3.15. The van der Waals surface area contributed by atoms with Crippen molar-refractivity contribution in [2.24, 2.45) is 5.92 Å². The van der Waals surface area contributed by atoms with E-state index in [-0.39, 0.29) is 0 Å². The van der Waals surface area contributed by atoms with Gasteiger partial charge in [0.25, 0.3) is 0 Å². The van der Waals surface area contributed by atoms with Gasteiger partial charge in [0.15, 0.2) is 0 Å². The lowest BCUT2D eigenvalue weighted by Gasteiger charge is -2.34. The van der Waals surface area contributed by atoms with E-state index < -0.39 is 0 Å². The molecule has 4 rings (SSSR count). The van der Waals surface area contributed by atoms with Gasteiger partial charge in [0, 0.05) is 18.0 Å². The fourth-order valence-electron chi connectivity index (χ4n) is 4.36. The minimum Gasteiger partial charge on any atom is -0.314 e. The number of benzene rings is 1. The normalized spacial score (nSPS) is 23.2. The lowest BCUT2D eigenvalue weighted by atomic mass is 9.88. The molecule has 2 fully saturated rings. The fourth-order valence-corrected chi connectivity index (χ4v) is 4.57. The Morgan fingerprint density at radius 1 is 1.21 bits per heavy atom. The molecule has 1 N–H and O–H groups in total. The number of halogens is 1. The zero-order valence-corrected chi connectivity index (χ0v) is 15.1. The number of fused-ring (bicyclic) bond motifs is 1. The van der Waals surface area contributed by atoms with Crippen molar-refractivity contribution in [3.8, 4) is 0 Å². The van der Waals surface area contributed by atoms with Gasteiger partial charge in [-0.2, -0.15) is 0 Å². The number of piperidine rings is 1. The molecule has 1 aromatic heterocycles. The number of aryl methyl sites for hydroxylation is 1. The van der Waals surface area contributed by atoms with Crippen LogP contribution < -0.4 is 5.32 Å². The van der Waals surface area contributed by atoms with Crippen LogP contribution in [0.25, 0.3) is 10.9 Å². The average molecular weight is 344 g/mol. The smallest absolute Gasteiger partial charge is 0.0740 e. The number of likely N-dealkylation sites (tertiary alicyclic amines) is 1. The molecule has 0 aliphatic carbocycles. The molecule has 0 spiro atoms. The second-order valence-corrected chi connectivity index (χ2v) is 7.71. The number of hydrogen-bond donors (Lipinski definition) is 1. The molecule has 2 aliphatic rings. The Bertz CT molecular complexity index is 716. The van der Waals surface area contributed by atoms with Crippen LogP contribution in [0.2, 0.25) is 5.02 Å². The standard InChI is InChI=1S/C20H26ClN3/c1-14-16-5-2-3-6-18(16)23-19(20(14)21)13-24-11-8-15(9-12-24)17-7-4-10-22-17/h2-3,5-6,15,17,22H,4,7-13H2,1H3. The van der Waals surface area contributed by atoms with Crippen molar-refractivity contribution < 1.29 is 0 Å². The first-order valence-electron chi connectivity index (χ1n) is 9.22. The number of nitrogens with one attached hydrogen (secondary N) is 1. The summed E-state index contributed by atoms with van der Waals surface area (Å²) in [5.41, 5.74) is 3.24. The van der Waals surface area contributed by atoms with Gasteiger partial charge < -0.3 is 5.32 Å². The third kappa shape index (κ3) is 3.17. The quantitative estimate of drug-likeness (QED) is 0.907. The molecule has 4 heteroatoms. The zero-order chi connectivity index (χ0) is 16.5. The van der Waals surface area contributed by atoms with E-state index >= 15 is 0 Å². The number of para-hydroxylation sites is 1. The first-order chi connectivity index (χ1) is 11.7. The van der Waals surface area contributed by atoms with Crippen molar-refractivity contribution in [1.82, 2.24) is 15.2 Å². The molecule has 1 aromatic carbocycles. The van der Waals surface area contributed by atoms with Crippen LogP contribution in [0.5, 0.6) is 0 Å². The van der Waals surface area contributed by atoms with E-state index in [1.54, 1.807) is 0 Å². The molecule has 1 unspecified atom stereocenters. The largest absolute Gasteiger partial charge is 0.314 e. The molecule has 0 amide bonds. The predicted molar refractivity (Wildman–Crippen MR) is 101 cm³/mol. The van der Waals surface area contributed by atoms with Crippen molar-refractivity contribution in [3.05, 3.63) is 40.5 Å². The molecule has 0 radical (unpaired) electrons. The van der Waals surface area contributed by atoms with Crippen LogP contribution in [0, 0.1) is 12.8 Å². The first kappa shape index (κ1) is 16.3. The molecular weight excluding hydrogens is 318 g/mol. The number of pyridine rings is 1. The van der Waals surface area contributed by atoms with Crippen LogP contribution in [-0.4, -0.2) is 35.6 Å². The molecule has 24 heavy (non-hydrogen) atoms. The van der Waals surface area contributed by atoms with Crippen LogP contribution in [0.4, 0.5) is 0 Å². The third-order valence-corrected chi connectivity index (χ3v) is 6.32. The zero-order valence-electron chi connectivity index (χ0n) is 14.4. The topological polar surface area (TPSA) is 28.2 Å². The van der Waals surface area contributed by atoms with Gasteiger partial charge in [-0.1, -0.05) is 29.8 Å². The van der Waals surface area contributed by atoms with Crippen LogP contribution in [0.1, 0.15) is 36.9 Å². The van der Waals surface area contributed by atoms with E-state index in [2.05, 4.69) is 35.3 Å². The monoisotopic (exact) mass is 343 g/mol. The van der Waals surface area contributed by atoms with E-state index in [0.717, 1.165) is 58.8 Å².